The molecule has 0 saturated heterocycles. The number of nitrogens with zero attached hydrogens (tertiary/aromatic N) is 3. The molecule has 32 heavy (non-hydrogen) atoms. The van der Waals surface area contributed by atoms with Gasteiger partial charge in [-0.3, -0.25) is 9.36 Å². The fraction of sp³-hybridized carbons (Fsp3) is 0.609. The van der Waals surface area contributed by atoms with Crippen molar-refractivity contribution < 1.29 is 19.0 Å². The number of thioether (sulfide) groups is 1. The van der Waals surface area contributed by atoms with E-state index in [1.165, 1.54) is 31.0 Å². The summed E-state index contributed by atoms with van der Waals surface area (Å²) in [6.45, 7) is 4.83. The van der Waals surface area contributed by atoms with Crippen molar-refractivity contribution in [2.24, 2.45) is 5.92 Å². The predicted octanol–water partition coefficient (Wildman–Crippen LogP) is 4.34. The van der Waals surface area contributed by atoms with Crippen LogP contribution in [0.15, 0.2) is 17.3 Å². The molecule has 1 aromatic carbocycles. The number of amides is 1. The molecule has 1 heterocycles. The fourth-order valence-corrected chi connectivity index (χ4v) is 4.79. The molecule has 1 amide bonds. The third kappa shape index (κ3) is 5.68. The Morgan fingerprint density at radius 3 is 2.31 bits per heavy atom. The number of carbonyl (C=O) groups excluding carboxylic acids is 1. The first-order valence-corrected chi connectivity index (χ1v) is 12.1. The number of carbonyl (C=O) groups is 1. The molecule has 3 rings (SSSR count). The van der Waals surface area contributed by atoms with E-state index in [4.69, 9.17) is 14.2 Å². The average Bonchev–Trinajstić information content (AvgIpc) is 3.24. The van der Waals surface area contributed by atoms with Crippen LogP contribution in [0, 0.1) is 5.92 Å². The zero-order valence-electron chi connectivity index (χ0n) is 19.6. The van der Waals surface area contributed by atoms with E-state index in [1.54, 1.807) is 21.3 Å². The molecule has 0 aliphatic heterocycles. The second-order valence-corrected chi connectivity index (χ2v) is 9.31. The number of hydrogen-bond acceptors (Lipinski definition) is 7. The molecule has 0 bridgehead atoms. The van der Waals surface area contributed by atoms with Gasteiger partial charge in [-0.2, -0.15) is 0 Å². The molecule has 0 radical (unpaired) electrons. The lowest BCUT2D eigenvalue weighted by molar-refractivity contribution is -0.118. The van der Waals surface area contributed by atoms with E-state index in [0.29, 0.717) is 41.5 Å². The highest BCUT2D eigenvalue weighted by molar-refractivity contribution is 7.99. The lowest BCUT2D eigenvalue weighted by atomic mass is 9.95. The third-order valence-electron chi connectivity index (χ3n) is 5.57. The minimum absolute atomic E-state index is 0.0104. The highest BCUT2D eigenvalue weighted by Gasteiger charge is 2.26. The Morgan fingerprint density at radius 2 is 1.75 bits per heavy atom. The lowest BCUT2D eigenvalue weighted by Crippen LogP contribution is -2.29. The summed E-state index contributed by atoms with van der Waals surface area (Å²) in [6.07, 6.45) is 5.75. The van der Waals surface area contributed by atoms with Gasteiger partial charge in [-0.25, -0.2) is 0 Å². The molecule has 0 unspecified atom stereocenters. The number of ether oxygens (including phenoxy) is 3. The smallest absolute Gasteiger partial charge is 0.230 e. The van der Waals surface area contributed by atoms with Crippen molar-refractivity contribution in [3.8, 4) is 28.6 Å². The lowest BCUT2D eigenvalue weighted by Gasteiger charge is -2.26. The topological polar surface area (TPSA) is 87.5 Å². The maximum absolute atomic E-state index is 12.3. The van der Waals surface area contributed by atoms with Crippen molar-refractivity contribution in [1.82, 2.24) is 20.1 Å². The summed E-state index contributed by atoms with van der Waals surface area (Å²) < 4.78 is 18.7. The maximum Gasteiger partial charge on any atom is 0.230 e. The van der Waals surface area contributed by atoms with Gasteiger partial charge in [0.05, 0.1) is 27.1 Å². The van der Waals surface area contributed by atoms with Crippen molar-refractivity contribution in [3.63, 3.8) is 0 Å². The van der Waals surface area contributed by atoms with Crippen molar-refractivity contribution in [2.45, 2.75) is 57.1 Å². The van der Waals surface area contributed by atoms with Gasteiger partial charge in [0.1, 0.15) is 0 Å². The molecule has 9 heteroatoms. The van der Waals surface area contributed by atoms with Crippen LogP contribution in [0.4, 0.5) is 0 Å². The number of methoxy groups -OCH3 is 3. The molecule has 2 aromatic rings. The minimum atomic E-state index is 0.0104. The van der Waals surface area contributed by atoms with Crippen molar-refractivity contribution in [3.05, 3.63) is 12.1 Å². The summed E-state index contributed by atoms with van der Waals surface area (Å²) in [6, 6.07) is 4.09. The molecule has 1 fully saturated rings. The molecule has 176 valence electrons. The zero-order valence-corrected chi connectivity index (χ0v) is 20.5. The summed E-state index contributed by atoms with van der Waals surface area (Å²) in [5, 5.41) is 12.7. The molecule has 8 nitrogen and oxygen atoms in total. The quantitative estimate of drug-likeness (QED) is 0.526. The number of nitrogens with one attached hydrogen (secondary N) is 1. The van der Waals surface area contributed by atoms with Gasteiger partial charge >= 0.3 is 0 Å². The van der Waals surface area contributed by atoms with E-state index in [-0.39, 0.29) is 5.91 Å². The van der Waals surface area contributed by atoms with Crippen LogP contribution in [0.25, 0.3) is 11.4 Å². The molecule has 1 aliphatic carbocycles. The van der Waals surface area contributed by atoms with Crippen LogP contribution in [-0.4, -0.2) is 54.3 Å². The van der Waals surface area contributed by atoms with Crippen LogP contribution >= 0.6 is 11.8 Å². The van der Waals surface area contributed by atoms with Gasteiger partial charge in [-0.05, 0) is 30.9 Å². The molecule has 0 spiro atoms. The van der Waals surface area contributed by atoms with Crippen molar-refractivity contribution in [1.29, 1.82) is 0 Å². The molecular formula is C23H34N4O4S. The van der Waals surface area contributed by atoms with Gasteiger partial charge in [-0.1, -0.05) is 44.9 Å². The second-order valence-electron chi connectivity index (χ2n) is 8.37. The Hall–Kier alpha value is -2.42. The third-order valence-corrected chi connectivity index (χ3v) is 6.51. The van der Waals surface area contributed by atoms with Gasteiger partial charge in [0.2, 0.25) is 11.7 Å². The number of rotatable bonds is 10. The van der Waals surface area contributed by atoms with E-state index >= 15 is 0 Å². The van der Waals surface area contributed by atoms with E-state index < -0.39 is 0 Å². The Balaban J connectivity index is 1.95. The molecular weight excluding hydrogens is 428 g/mol. The fourth-order valence-electron chi connectivity index (χ4n) is 3.95. The van der Waals surface area contributed by atoms with E-state index in [0.717, 1.165) is 29.4 Å². The average molecular weight is 463 g/mol. The Bertz CT molecular complexity index is 884. The summed E-state index contributed by atoms with van der Waals surface area (Å²) >= 11 is 1.43. The molecule has 1 aromatic heterocycles. The Kier molecular flexibility index (Phi) is 8.67. The molecule has 1 N–H and O–H groups in total. The number of hydrogen-bond donors (Lipinski definition) is 1. The maximum atomic E-state index is 12.3. The van der Waals surface area contributed by atoms with Gasteiger partial charge in [0.15, 0.2) is 22.5 Å². The van der Waals surface area contributed by atoms with Gasteiger partial charge in [0, 0.05) is 18.2 Å². The SMILES string of the molecule is COc1cc(-c2nnc(SCC(=O)NCC(C)C)n2C2CCCCC2)cc(OC)c1OC. The first-order valence-electron chi connectivity index (χ1n) is 11.1. The number of aromatic nitrogens is 3. The standard InChI is InChI=1S/C23H34N4O4S/c1-15(2)13-24-20(28)14-32-23-26-25-22(27(23)17-9-7-6-8-10-17)16-11-18(29-3)21(31-5)19(12-16)30-4/h11-12,15,17H,6-10,13-14H2,1-5H3,(H,24,28). The van der Waals surface area contributed by atoms with E-state index in [2.05, 4.69) is 33.9 Å². The largest absolute Gasteiger partial charge is 0.493 e. The van der Waals surface area contributed by atoms with Crippen LogP contribution in [0.5, 0.6) is 17.2 Å². The van der Waals surface area contributed by atoms with Gasteiger partial charge < -0.3 is 19.5 Å². The van der Waals surface area contributed by atoms with E-state index in [9.17, 15) is 4.79 Å². The monoisotopic (exact) mass is 462 g/mol. The van der Waals surface area contributed by atoms with Crippen molar-refractivity contribution in [2.75, 3.05) is 33.6 Å². The molecule has 1 saturated carbocycles. The second kappa shape index (κ2) is 11.4. The Morgan fingerprint density at radius 1 is 1.09 bits per heavy atom. The Labute approximate surface area is 194 Å². The van der Waals surface area contributed by atoms with Crippen LogP contribution in [0.3, 0.4) is 0 Å². The number of benzene rings is 1. The van der Waals surface area contributed by atoms with Crippen LogP contribution < -0.4 is 19.5 Å². The first-order chi connectivity index (χ1) is 15.5. The minimum Gasteiger partial charge on any atom is -0.493 e. The van der Waals surface area contributed by atoms with Crippen LogP contribution in [0.1, 0.15) is 52.0 Å². The highest BCUT2D eigenvalue weighted by atomic mass is 32.2. The summed E-state index contributed by atoms with van der Waals surface area (Å²) in [5.74, 6) is 3.18. The predicted molar refractivity (Wildman–Crippen MR) is 126 cm³/mol. The molecule has 1 aliphatic rings. The van der Waals surface area contributed by atoms with Crippen molar-refractivity contribution >= 4 is 17.7 Å². The normalized spacial score (nSPS) is 14.4. The van der Waals surface area contributed by atoms with Crippen LogP contribution in [0.2, 0.25) is 0 Å². The highest BCUT2D eigenvalue weighted by Crippen LogP contribution is 2.42. The summed E-state index contributed by atoms with van der Waals surface area (Å²) in [5.41, 5.74) is 0.841. The van der Waals surface area contributed by atoms with Gasteiger partial charge in [0.25, 0.3) is 0 Å². The first kappa shape index (κ1) is 24.2. The van der Waals surface area contributed by atoms with Gasteiger partial charge in [-0.15, -0.1) is 10.2 Å². The molecule has 0 atom stereocenters. The summed E-state index contributed by atoms with van der Waals surface area (Å²) in [7, 11) is 4.79. The van der Waals surface area contributed by atoms with E-state index in [1.807, 2.05) is 12.1 Å². The summed E-state index contributed by atoms with van der Waals surface area (Å²) in [4.78, 5) is 12.3. The zero-order chi connectivity index (χ0) is 23.1. The van der Waals surface area contributed by atoms with Crippen LogP contribution in [-0.2, 0) is 4.79 Å².